The van der Waals surface area contributed by atoms with Crippen LogP contribution in [0.5, 0.6) is 0 Å². The van der Waals surface area contributed by atoms with E-state index in [9.17, 15) is 0 Å². The first-order chi connectivity index (χ1) is 7.77. The van der Waals surface area contributed by atoms with Gasteiger partial charge in [0.05, 0.1) is 5.39 Å². The number of halogens is 1. The third-order valence-electron chi connectivity index (χ3n) is 2.42. The molecular weight excluding hydrogens is 335 g/mol. The summed E-state index contributed by atoms with van der Waals surface area (Å²) in [5, 5.41) is 1.11. The van der Waals surface area contributed by atoms with Gasteiger partial charge >= 0.3 is 0 Å². The van der Waals surface area contributed by atoms with E-state index >= 15 is 0 Å². The van der Waals surface area contributed by atoms with Gasteiger partial charge in [-0.25, -0.2) is 9.97 Å². The Kier molecular flexibility index (Phi) is 3.91. The van der Waals surface area contributed by atoms with Crippen LogP contribution in [0.3, 0.4) is 0 Å². The number of hydrogen-bond acceptors (Lipinski definition) is 4. The van der Waals surface area contributed by atoms with Gasteiger partial charge in [-0.15, -0.1) is 0 Å². The zero-order valence-corrected chi connectivity index (χ0v) is 12.2. The maximum atomic E-state index is 4.36. The molecule has 0 aliphatic carbocycles. The van der Waals surface area contributed by atoms with Crippen molar-refractivity contribution in [1.29, 1.82) is 0 Å². The molecule has 0 bridgehead atoms. The van der Waals surface area contributed by atoms with E-state index in [-0.39, 0.29) is 0 Å². The Hall–Kier alpha value is -0.500. The van der Waals surface area contributed by atoms with Crippen LogP contribution in [-0.4, -0.2) is 27.5 Å². The molecule has 2 aromatic heterocycles. The first-order valence-electron chi connectivity index (χ1n) is 5.10. The highest BCUT2D eigenvalue weighted by molar-refractivity contribution is 14.2. The van der Waals surface area contributed by atoms with Crippen LogP contribution in [-0.2, 0) is 0 Å². The van der Waals surface area contributed by atoms with Crippen molar-refractivity contribution in [3.8, 4) is 0 Å². The molecule has 0 spiro atoms. The fraction of sp³-hybridized carbons (Fsp3) is 0.400. The molecule has 0 saturated heterocycles. The van der Waals surface area contributed by atoms with Crippen LogP contribution < -0.4 is 4.90 Å². The van der Waals surface area contributed by atoms with E-state index < -0.39 is 0 Å². The topological polar surface area (TPSA) is 34.0 Å². The lowest BCUT2D eigenvalue weighted by Gasteiger charge is -2.17. The Labute approximate surface area is 111 Å². The molecule has 6 heteroatoms. The van der Waals surface area contributed by atoms with Crippen molar-refractivity contribution in [3.05, 3.63) is 18.6 Å². The van der Waals surface area contributed by atoms with E-state index in [1.807, 2.05) is 10.2 Å². The molecule has 2 heterocycles. The quantitative estimate of drug-likeness (QED) is 0.795. The van der Waals surface area contributed by atoms with Crippen molar-refractivity contribution in [2.75, 3.05) is 18.5 Å². The second-order valence-electron chi connectivity index (χ2n) is 3.57. The number of fused-ring (bicyclic) bond motifs is 1. The summed E-state index contributed by atoms with van der Waals surface area (Å²) in [6.07, 6.45) is 4.77. The van der Waals surface area contributed by atoms with Gasteiger partial charge in [-0.05, 0) is 12.5 Å². The van der Waals surface area contributed by atoms with Crippen molar-refractivity contribution in [3.63, 3.8) is 0 Å². The van der Waals surface area contributed by atoms with Gasteiger partial charge in [-0.1, -0.05) is 6.92 Å². The Morgan fingerprint density at radius 3 is 3.00 bits per heavy atom. The molecule has 2 aromatic rings. The summed E-state index contributed by atoms with van der Waals surface area (Å²) in [5.41, 5.74) is 0.979. The summed E-state index contributed by atoms with van der Waals surface area (Å²) in [7, 11) is 3.69. The molecule has 16 heavy (non-hydrogen) atoms. The largest absolute Gasteiger partial charge is 0.359 e. The van der Waals surface area contributed by atoms with Gasteiger partial charge in [-0.2, -0.15) is 0 Å². The van der Waals surface area contributed by atoms with Crippen molar-refractivity contribution in [2.45, 2.75) is 13.3 Å². The van der Waals surface area contributed by atoms with E-state index in [0.717, 1.165) is 29.8 Å². The molecule has 0 unspecified atom stereocenters. The number of nitrogens with zero attached hydrogens (tertiary/aromatic N) is 4. The molecule has 0 fully saturated rings. The van der Waals surface area contributed by atoms with Gasteiger partial charge in [0.25, 0.3) is 0 Å². The fourth-order valence-corrected chi connectivity index (χ4v) is 2.99. The molecule has 0 aliphatic heterocycles. The normalized spacial score (nSPS) is 10.9. The van der Waals surface area contributed by atoms with Gasteiger partial charge in [0, 0.05) is 50.1 Å². The number of aromatic nitrogens is 3. The summed E-state index contributed by atoms with van der Waals surface area (Å²) in [4.78, 5) is 10.9. The van der Waals surface area contributed by atoms with E-state index in [1.165, 1.54) is 0 Å². The highest BCUT2D eigenvalue weighted by Gasteiger charge is 2.10. The van der Waals surface area contributed by atoms with Crippen LogP contribution in [0.25, 0.3) is 11.0 Å². The third-order valence-corrected chi connectivity index (χ3v) is 4.14. The van der Waals surface area contributed by atoms with Crippen LogP contribution >= 0.6 is 30.3 Å². The SMILES string of the molecule is CCCN(C)c1ncnc2c1ccn2SI. The Morgan fingerprint density at radius 2 is 2.31 bits per heavy atom. The van der Waals surface area contributed by atoms with E-state index in [0.29, 0.717) is 0 Å². The second kappa shape index (κ2) is 5.22. The van der Waals surface area contributed by atoms with Crippen molar-refractivity contribution in [2.24, 2.45) is 0 Å². The number of anilines is 1. The smallest absolute Gasteiger partial charge is 0.156 e. The van der Waals surface area contributed by atoms with Crippen molar-refractivity contribution < 1.29 is 0 Å². The molecule has 0 N–H and O–H groups in total. The Morgan fingerprint density at radius 1 is 1.50 bits per heavy atom. The molecule has 0 aliphatic rings. The van der Waals surface area contributed by atoms with E-state index in [2.05, 4.69) is 56.1 Å². The molecule has 0 radical (unpaired) electrons. The first kappa shape index (κ1) is 12.0. The van der Waals surface area contributed by atoms with Crippen LogP contribution in [0.1, 0.15) is 13.3 Å². The van der Waals surface area contributed by atoms with E-state index in [1.54, 1.807) is 15.4 Å². The summed E-state index contributed by atoms with van der Waals surface area (Å²) >= 11 is 2.25. The standard InChI is InChI=1S/C10H13IN4S/c1-3-5-14(2)9-8-4-6-15(16-11)10(8)13-7-12-9/h4,6-7H,3,5H2,1-2H3. The van der Waals surface area contributed by atoms with Crippen molar-refractivity contribution >= 4 is 47.2 Å². The minimum Gasteiger partial charge on any atom is -0.359 e. The van der Waals surface area contributed by atoms with Crippen LogP contribution in [0.2, 0.25) is 0 Å². The fourth-order valence-electron chi connectivity index (χ4n) is 1.72. The maximum absolute atomic E-state index is 4.36. The maximum Gasteiger partial charge on any atom is 0.156 e. The highest BCUT2D eigenvalue weighted by Crippen LogP contribution is 2.27. The molecule has 2 rings (SSSR count). The van der Waals surface area contributed by atoms with Gasteiger partial charge in [0.2, 0.25) is 0 Å². The zero-order valence-electron chi connectivity index (χ0n) is 9.22. The lowest BCUT2D eigenvalue weighted by atomic mass is 10.3. The molecule has 0 atom stereocenters. The predicted molar refractivity (Wildman–Crippen MR) is 78.1 cm³/mol. The highest BCUT2D eigenvalue weighted by atomic mass is 127. The molecular formula is C10H13IN4S. The number of hydrogen-bond donors (Lipinski definition) is 0. The van der Waals surface area contributed by atoms with Gasteiger partial charge in [0.15, 0.2) is 5.65 Å². The predicted octanol–water partition coefficient (Wildman–Crippen LogP) is 3.12. The number of rotatable bonds is 4. The summed E-state index contributed by atoms with van der Waals surface area (Å²) in [6.45, 7) is 3.18. The zero-order chi connectivity index (χ0) is 11.5. The lowest BCUT2D eigenvalue weighted by Crippen LogP contribution is -2.19. The van der Waals surface area contributed by atoms with Gasteiger partial charge in [0.1, 0.15) is 12.1 Å². The molecule has 86 valence electrons. The molecule has 0 amide bonds. The van der Waals surface area contributed by atoms with Crippen LogP contribution in [0.4, 0.5) is 5.82 Å². The molecule has 4 nitrogen and oxygen atoms in total. The first-order valence-corrected chi connectivity index (χ1v) is 8.41. The van der Waals surface area contributed by atoms with Gasteiger partial charge < -0.3 is 4.90 Å². The third kappa shape index (κ3) is 2.13. The monoisotopic (exact) mass is 348 g/mol. The average molecular weight is 348 g/mol. The van der Waals surface area contributed by atoms with Crippen LogP contribution in [0, 0.1) is 0 Å². The van der Waals surface area contributed by atoms with E-state index in [4.69, 9.17) is 0 Å². The Balaban J connectivity index is 2.50. The van der Waals surface area contributed by atoms with Gasteiger partial charge in [-0.3, -0.25) is 3.97 Å². The average Bonchev–Trinajstić information content (AvgIpc) is 2.71. The molecule has 0 aromatic carbocycles. The molecule has 0 saturated carbocycles. The van der Waals surface area contributed by atoms with Crippen molar-refractivity contribution in [1.82, 2.24) is 13.9 Å². The Bertz CT molecular complexity index is 485. The summed E-state index contributed by atoms with van der Waals surface area (Å²) in [6, 6.07) is 2.07. The summed E-state index contributed by atoms with van der Waals surface area (Å²) < 4.78 is 2.04. The minimum atomic E-state index is 0.979. The lowest BCUT2D eigenvalue weighted by molar-refractivity contribution is 0.839. The summed E-state index contributed by atoms with van der Waals surface area (Å²) in [5.74, 6) is 1.01. The minimum absolute atomic E-state index is 0.979. The second-order valence-corrected chi connectivity index (χ2v) is 5.28. The van der Waals surface area contributed by atoms with Crippen LogP contribution in [0.15, 0.2) is 18.6 Å².